The minimum absolute atomic E-state index is 0.247. The average molecular weight is 252 g/mol. The van der Waals surface area contributed by atoms with Gasteiger partial charge in [-0.3, -0.25) is 0 Å². The highest BCUT2D eigenvalue weighted by atomic mass is 32.1. The average Bonchev–Trinajstić information content (AvgIpc) is 2.88. The second-order valence-corrected chi connectivity index (χ2v) is 5.13. The van der Waals surface area contributed by atoms with Crippen LogP contribution in [0.2, 0.25) is 0 Å². The monoisotopic (exact) mass is 252 g/mol. The number of hydrogen-bond donors (Lipinski definition) is 0. The largest absolute Gasteiger partial charge is 0.422 e. The maximum absolute atomic E-state index is 11.8. The summed E-state index contributed by atoms with van der Waals surface area (Å²) in [6, 6.07) is 14.0. The van der Waals surface area contributed by atoms with E-state index < -0.39 is 0 Å². The summed E-state index contributed by atoms with van der Waals surface area (Å²) in [4.78, 5) is 11.8. The van der Waals surface area contributed by atoms with Crippen molar-refractivity contribution in [1.29, 1.82) is 0 Å². The zero-order valence-corrected chi connectivity index (χ0v) is 10.2. The lowest BCUT2D eigenvalue weighted by Crippen LogP contribution is -1.96. The Morgan fingerprint density at radius 2 is 1.83 bits per heavy atom. The van der Waals surface area contributed by atoms with E-state index in [1.165, 1.54) is 11.3 Å². The molecule has 18 heavy (non-hydrogen) atoms. The van der Waals surface area contributed by atoms with Crippen LogP contribution < -0.4 is 5.63 Å². The zero-order valence-electron chi connectivity index (χ0n) is 9.34. The van der Waals surface area contributed by atoms with Gasteiger partial charge in [0.05, 0.1) is 0 Å². The molecule has 0 bridgehead atoms. The molecule has 0 fully saturated rings. The molecule has 0 radical (unpaired) electrons. The topological polar surface area (TPSA) is 30.2 Å². The smallest absolute Gasteiger partial charge is 0.354 e. The third-order valence-electron chi connectivity index (χ3n) is 3.21. The van der Waals surface area contributed by atoms with Crippen molar-refractivity contribution in [1.82, 2.24) is 0 Å². The van der Waals surface area contributed by atoms with Gasteiger partial charge in [-0.15, -0.1) is 11.3 Å². The van der Waals surface area contributed by atoms with Crippen molar-refractivity contribution < 1.29 is 4.42 Å². The molecule has 3 heteroatoms. The first-order valence-electron chi connectivity index (χ1n) is 5.66. The van der Waals surface area contributed by atoms with Crippen molar-refractivity contribution in [3.8, 4) is 0 Å². The molecular formula is C15H8O2S. The molecule has 0 aliphatic heterocycles. The molecule has 2 nitrogen and oxygen atoms in total. The van der Waals surface area contributed by atoms with Gasteiger partial charge in [0.1, 0.15) is 10.3 Å². The Morgan fingerprint density at radius 1 is 0.944 bits per heavy atom. The van der Waals surface area contributed by atoms with Crippen molar-refractivity contribution in [2.75, 3.05) is 0 Å². The molecule has 2 aromatic heterocycles. The summed E-state index contributed by atoms with van der Waals surface area (Å²) in [5.41, 5.74) is 0.410. The molecule has 0 aliphatic carbocycles. The van der Waals surface area contributed by atoms with E-state index in [4.69, 9.17) is 4.42 Å². The van der Waals surface area contributed by atoms with Gasteiger partial charge >= 0.3 is 5.63 Å². The van der Waals surface area contributed by atoms with Crippen LogP contribution in [0.5, 0.6) is 0 Å². The minimum Gasteiger partial charge on any atom is -0.422 e. The SMILES string of the molecule is O=c1oc2ccc3ccccc3c2c2ccsc12. The van der Waals surface area contributed by atoms with Crippen LogP contribution in [0.15, 0.2) is 57.1 Å². The number of fused-ring (bicyclic) bond motifs is 5. The lowest BCUT2D eigenvalue weighted by molar-refractivity contribution is 0.571. The molecule has 0 aliphatic rings. The fraction of sp³-hybridized carbons (Fsp3) is 0. The molecule has 0 saturated carbocycles. The van der Waals surface area contributed by atoms with Crippen LogP contribution in [0.3, 0.4) is 0 Å². The Morgan fingerprint density at radius 3 is 2.78 bits per heavy atom. The van der Waals surface area contributed by atoms with E-state index in [9.17, 15) is 4.79 Å². The Labute approximate surface area is 106 Å². The Bertz CT molecular complexity index is 947. The van der Waals surface area contributed by atoms with Gasteiger partial charge in [0, 0.05) is 10.8 Å². The molecule has 2 heterocycles. The fourth-order valence-electron chi connectivity index (χ4n) is 2.42. The van der Waals surface area contributed by atoms with Crippen LogP contribution in [0, 0.1) is 0 Å². The molecule has 0 saturated heterocycles. The first-order chi connectivity index (χ1) is 8.84. The van der Waals surface area contributed by atoms with Crippen molar-refractivity contribution in [2.45, 2.75) is 0 Å². The molecule has 0 N–H and O–H groups in total. The maximum atomic E-state index is 11.8. The highest BCUT2D eigenvalue weighted by Crippen LogP contribution is 2.32. The van der Waals surface area contributed by atoms with E-state index in [1.54, 1.807) is 0 Å². The summed E-state index contributed by atoms with van der Waals surface area (Å²) in [5.74, 6) is 0. The van der Waals surface area contributed by atoms with Gasteiger partial charge in [0.25, 0.3) is 0 Å². The molecule has 0 spiro atoms. The molecule has 0 unspecified atom stereocenters. The van der Waals surface area contributed by atoms with Crippen molar-refractivity contribution in [3.05, 3.63) is 58.3 Å². The van der Waals surface area contributed by atoms with Gasteiger partial charge in [0.2, 0.25) is 0 Å². The summed E-state index contributed by atoms with van der Waals surface area (Å²) in [5, 5.41) is 6.24. The van der Waals surface area contributed by atoms with Crippen LogP contribution in [-0.4, -0.2) is 0 Å². The second-order valence-electron chi connectivity index (χ2n) is 4.21. The van der Waals surface area contributed by atoms with Crippen LogP contribution in [0.25, 0.3) is 31.8 Å². The summed E-state index contributed by atoms with van der Waals surface area (Å²) in [6.45, 7) is 0. The third-order valence-corrected chi connectivity index (χ3v) is 4.11. The van der Waals surface area contributed by atoms with Gasteiger partial charge in [-0.25, -0.2) is 4.79 Å². The number of thiophene rings is 1. The first kappa shape index (κ1) is 9.85. The van der Waals surface area contributed by atoms with Crippen molar-refractivity contribution >= 4 is 43.2 Å². The standard InChI is InChI=1S/C15H8O2S/c16-15-14-11(7-8-18-14)13-10-4-2-1-3-9(10)5-6-12(13)17-15/h1-8H. The quantitative estimate of drug-likeness (QED) is 0.347. The van der Waals surface area contributed by atoms with Gasteiger partial charge in [-0.2, -0.15) is 0 Å². The van der Waals surface area contributed by atoms with Gasteiger partial charge in [-0.05, 0) is 28.3 Å². The lowest BCUT2D eigenvalue weighted by atomic mass is 10.0. The first-order valence-corrected chi connectivity index (χ1v) is 6.54. The van der Waals surface area contributed by atoms with E-state index in [-0.39, 0.29) is 5.63 Å². The van der Waals surface area contributed by atoms with Crippen molar-refractivity contribution in [3.63, 3.8) is 0 Å². The third kappa shape index (κ3) is 1.19. The molecular weight excluding hydrogens is 244 g/mol. The van der Waals surface area contributed by atoms with Gasteiger partial charge < -0.3 is 4.42 Å². The second kappa shape index (κ2) is 3.43. The summed E-state index contributed by atoms with van der Waals surface area (Å²) < 4.78 is 6.09. The summed E-state index contributed by atoms with van der Waals surface area (Å²) >= 11 is 1.43. The highest BCUT2D eigenvalue weighted by Gasteiger charge is 2.10. The van der Waals surface area contributed by atoms with E-state index in [0.717, 1.165) is 21.5 Å². The molecule has 0 amide bonds. The normalized spacial score (nSPS) is 11.6. The van der Waals surface area contributed by atoms with Crippen LogP contribution in [0.4, 0.5) is 0 Å². The van der Waals surface area contributed by atoms with E-state index >= 15 is 0 Å². The van der Waals surface area contributed by atoms with E-state index in [2.05, 4.69) is 12.1 Å². The zero-order chi connectivity index (χ0) is 12.1. The fourth-order valence-corrected chi connectivity index (χ4v) is 3.20. The molecule has 2 aromatic carbocycles. The Balaban J connectivity index is 2.44. The Hall–Kier alpha value is -2.13. The summed E-state index contributed by atoms with van der Waals surface area (Å²) in [6.07, 6.45) is 0. The molecule has 86 valence electrons. The minimum atomic E-state index is -0.247. The predicted octanol–water partition coefficient (Wildman–Crippen LogP) is 4.16. The Kier molecular flexibility index (Phi) is 1.88. The maximum Gasteiger partial charge on any atom is 0.354 e. The van der Waals surface area contributed by atoms with Crippen LogP contribution >= 0.6 is 11.3 Å². The van der Waals surface area contributed by atoms with Crippen LogP contribution in [-0.2, 0) is 0 Å². The molecule has 4 aromatic rings. The summed E-state index contributed by atoms with van der Waals surface area (Å²) in [7, 11) is 0. The van der Waals surface area contributed by atoms with Crippen molar-refractivity contribution in [2.24, 2.45) is 0 Å². The number of hydrogen-bond acceptors (Lipinski definition) is 3. The number of benzene rings is 2. The van der Waals surface area contributed by atoms with Gasteiger partial charge in [0.15, 0.2) is 0 Å². The molecule has 0 atom stereocenters. The number of rotatable bonds is 0. The van der Waals surface area contributed by atoms with E-state index in [1.807, 2.05) is 35.7 Å². The lowest BCUT2D eigenvalue weighted by Gasteiger charge is -2.03. The van der Waals surface area contributed by atoms with Gasteiger partial charge in [-0.1, -0.05) is 30.3 Å². The van der Waals surface area contributed by atoms with E-state index in [0.29, 0.717) is 10.3 Å². The molecule has 4 rings (SSSR count). The predicted molar refractivity (Wildman–Crippen MR) is 75.4 cm³/mol. The highest BCUT2D eigenvalue weighted by molar-refractivity contribution is 7.17. The van der Waals surface area contributed by atoms with Crippen LogP contribution in [0.1, 0.15) is 0 Å².